The summed E-state index contributed by atoms with van der Waals surface area (Å²) >= 11 is 1.01. The first-order valence-corrected chi connectivity index (χ1v) is 5.89. The van der Waals surface area contributed by atoms with Gasteiger partial charge in [0.05, 0.1) is 12.3 Å². The minimum Gasteiger partial charge on any atom is -0.408 e. The maximum atomic E-state index is 11.8. The number of hydrogen-bond donors (Lipinski definition) is 1. The fourth-order valence-electron chi connectivity index (χ4n) is 1.19. The topological polar surface area (TPSA) is 103 Å². The first kappa shape index (κ1) is 12.6. The van der Waals surface area contributed by atoms with Gasteiger partial charge in [-0.3, -0.25) is 10.1 Å². The lowest BCUT2D eigenvalue weighted by atomic mass is 10.4. The molecule has 0 atom stereocenters. The van der Waals surface area contributed by atoms with E-state index in [1.54, 1.807) is 14.0 Å². The molecule has 0 bridgehead atoms. The maximum Gasteiger partial charge on any atom is 0.322 e. The number of carbonyl (C=O) groups is 1. The number of nitrogens with zero attached hydrogens (tertiary/aromatic N) is 4. The number of carbonyl (C=O) groups excluding carboxylic acids is 1. The van der Waals surface area contributed by atoms with Crippen LogP contribution in [0.5, 0.6) is 0 Å². The fraction of sp³-hybridized carbons (Fsp3) is 0.444. The van der Waals surface area contributed by atoms with Crippen LogP contribution in [0.4, 0.5) is 6.01 Å². The number of methoxy groups -OCH3 is 1. The van der Waals surface area contributed by atoms with E-state index in [0.29, 0.717) is 29.5 Å². The highest BCUT2D eigenvalue weighted by molar-refractivity contribution is 7.08. The molecule has 0 aliphatic carbocycles. The van der Waals surface area contributed by atoms with E-state index >= 15 is 0 Å². The zero-order valence-electron chi connectivity index (χ0n) is 9.84. The third kappa shape index (κ3) is 2.87. The number of amides is 1. The van der Waals surface area contributed by atoms with Gasteiger partial charge in [0.15, 0.2) is 0 Å². The normalized spacial score (nSPS) is 10.6. The van der Waals surface area contributed by atoms with Crippen molar-refractivity contribution in [2.75, 3.05) is 19.0 Å². The maximum absolute atomic E-state index is 11.8. The number of nitrogens with one attached hydrogen (secondary N) is 1. The lowest BCUT2D eigenvalue weighted by Crippen LogP contribution is -2.11. The van der Waals surface area contributed by atoms with Crippen LogP contribution in [0.2, 0.25) is 0 Å². The van der Waals surface area contributed by atoms with Gasteiger partial charge in [-0.05, 0) is 18.5 Å². The molecule has 0 unspecified atom stereocenters. The Morgan fingerprint density at radius 3 is 2.94 bits per heavy atom. The molecule has 0 radical (unpaired) electrons. The number of ether oxygens (including phenoxy) is 1. The minimum atomic E-state index is -0.357. The zero-order chi connectivity index (χ0) is 13.0. The first-order valence-electron chi connectivity index (χ1n) is 5.12. The van der Waals surface area contributed by atoms with Gasteiger partial charge in [0.1, 0.15) is 4.88 Å². The Hall–Kier alpha value is -1.87. The lowest BCUT2D eigenvalue weighted by Gasteiger charge is -1.96. The van der Waals surface area contributed by atoms with Crippen LogP contribution in [-0.4, -0.2) is 39.4 Å². The van der Waals surface area contributed by atoms with E-state index in [4.69, 9.17) is 9.15 Å². The highest BCUT2D eigenvalue weighted by Gasteiger charge is 2.16. The molecule has 0 spiro atoms. The Morgan fingerprint density at radius 2 is 2.28 bits per heavy atom. The SMILES string of the molecule is COCCc1nnc(NC(=O)c2snnc2C)o1. The van der Waals surface area contributed by atoms with Crippen molar-refractivity contribution in [2.45, 2.75) is 13.3 Å². The lowest BCUT2D eigenvalue weighted by molar-refractivity contribution is 0.102. The molecule has 0 aliphatic heterocycles. The largest absolute Gasteiger partial charge is 0.408 e. The van der Waals surface area contributed by atoms with Crippen molar-refractivity contribution < 1.29 is 13.9 Å². The van der Waals surface area contributed by atoms with E-state index < -0.39 is 0 Å². The van der Waals surface area contributed by atoms with Crippen LogP contribution in [0.25, 0.3) is 0 Å². The third-order valence-electron chi connectivity index (χ3n) is 2.07. The molecule has 96 valence electrons. The summed E-state index contributed by atoms with van der Waals surface area (Å²) in [5.74, 6) is 0.0516. The molecule has 0 aliphatic rings. The number of hydrogen-bond acceptors (Lipinski definition) is 8. The monoisotopic (exact) mass is 269 g/mol. The van der Waals surface area contributed by atoms with E-state index in [-0.39, 0.29) is 11.9 Å². The molecule has 2 aromatic heterocycles. The Kier molecular flexibility index (Phi) is 3.95. The van der Waals surface area contributed by atoms with Crippen molar-refractivity contribution in [3.05, 3.63) is 16.5 Å². The van der Waals surface area contributed by atoms with Crippen molar-refractivity contribution in [2.24, 2.45) is 0 Å². The number of aryl methyl sites for hydroxylation is 1. The molecule has 18 heavy (non-hydrogen) atoms. The van der Waals surface area contributed by atoms with Crippen LogP contribution < -0.4 is 5.32 Å². The smallest absolute Gasteiger partial charge is 0.322 e. The summed E-state index contributed by atoms with van der Waals surface area (Å²) in [7, 11) is 1.58. The summed E-state index contributed by atoms with van der Waals surface area (Å²) in [6, 6.07) is 0.0545. The molecule has 2 heterocycles. The van der Waals surface area contributed by atoms with Crippen molar-refractivity contribution in [1.29, 1.82) is 0 Å². The summed E-state index contributed by atoms with van der Waals surface area (Å²) in [5.41, 5.74) is 0.566. The highest BCUT2D eigenvalue weighted by atomic mass is 32.1. The predicted octanol–water partition coefficient (Wildman–Crippen LogP) is 0.671. The summed E-state index contributed by atoms with van der Waals surface area (Å²) in [6.07, 6.45) is 0.501. The van der Waals surface area contributed by atoms with Gasteiger partial charge in [0, 0.05) is 13.5 Å². The van der Waals surface area contributed by atoms with Crippen molar-refractivity contribution in [3.63, 3.8) is 0 Å². The van der Waals surface area contributed by atoms with Crippen LogP contribution in [0.15, 0.2) is 4.42 Å². The Morgan fingerprint density at radius 1 is 1.44 bits per heavy atom. The number of aromatic nitrogens is 4. The van der Waals surface area contributed by atoms with Crippen molar-refractivity contribution in [1.82, 2.24) is 19.8 Å². The quantitative estimate of drug-likeness (QED) is 0.850. The van der Waals surface area contributed by atoms with Crippen LogP contribution in [0.1, 0.15) is 21.3 Å². The summed E-state index contributed by atoms with van der Waals surface area (Å²) in [4.78, 5) is 12.2. The van der Waals surface area contributed by atoms with Gasteiger partial charge in [0.2, 0.25) is 5.89 Å². The summed E-state index contributed by atoms with van der Waals surface area (Å²) < 4.78 is 13.8. The number of anilines is 1. The molecule has 0 saturated heterocycles. The molecule has 8 nitrogen and oxygen atoms in total. The van der Waals surface area contributed by atoms with Gasteiger partial charge < -0.3 is 9.15 Å². The highest BCUT2D eigenvalue weighted by Crippen LogP contribution is 2.13. The second-order valence-electron chi connectivity index (χ2n) is 3.39. The Labute approximate surface area is 107 Å². The van der Waals surface area contributed by atoms with Gasteiger partial charge in [-0.2, -0.15) is 0 Å². The third-order valence-corrected chi connectivity index (χ3v) is 2.89. The van der Waals surface area contributed by atoms with Crippen molar-refractivity contribution in [3.8, 4) is 0 Å². The van der Waals surface area contributed by atoms with Gasteiger partial charge in [-0.15, -0.1) is 10.2 Å². The van der Waals surface area contributed by atoms with Crippen molar-refractivity contribution >= 4 is 23.5 Å². The Bertz CT molecular complexity index is 538. The van der Waals surface area contributed by atoms with E-state index in [1.807, 2.05) is 0 Å². The summed E-state index contributed by atoms with van der Waals surface area (Å²) in [5, 5.41) is 13.7. The van der Waals surface area contributed by atoms with Gasteiger partial charge in [-0.1, -0.05) is 9.59 Å². The van der Waals surface area contributed by atoms with Gasteiger partial charge in [0.25, 0.3) is 5.91 Å². The van der Waals surface area contributed by atoms with Crippen LogP contribution in [0.3, 0.4) is 0 Å². The molecule has 1 amide bonds. The van der Waals surface area contributed by atoms with Crippen LogP contribution in [-0.2, 0) is 11.2 Å². The fourth-order valence-corrected chi connectivity index (χ4v) is 1.74. The first-order chi connectivity index (χ1) is 8.70. The van der Waals surface area contributed by atoms with E-state index in [1.165, 1.54) is 0 Å². The van der Waals surface area contributed by atoms with E-state index in [0.717, 1.165) is 11.5 Å². The molecular weight excluding hydrogens is 258 g/mol. The molecule has 2 aromatic rings. The average Bonchev–Trinajstić information content (AvgIpc) is 2.95. The average molecular weight is 269 g/mol. The van der Waals surface area contributed by atoms with E-state index in [9.17, 15) is 4.79 Å². The molecule has 0 fully saturated rings. The van der Waals surface area contributed by atoms with E-state index in [2.05, 4.69) is 25.1 Å². The van der Waals surface area contributed by atoms with Gasteiger partial charge >= 0.3 is 6.01 Å². The molecule has 1 N–H and O–H groups in total. The van der Waals surface area contributed by atoms with Gasteiger partial charge in [-0.25, -0.2) is 0 Å². The predicted molar refractivity (Wildman–Crippen MR) is 62.5 cm³/mol. The minimum absolute atomic E-state index is 0.0545. The molecule has 0 aromatic carbocycles. The Balaban J connectivity index is 1.99. The standard InChI is InChI=1S/C9H11N5O3S/c1-5-7(18-14-11-5)8(15)10-9-13-12-6(17-9)3-4-16-2/h3-4H2,1-2H3,(H,10,13,15). The number of rotatable bonds is 5. The summed E-state index contributed by atoms with van der Waals surface area (Å²) in [6.45, 7) is 2.18. The second kappa shape index (κ2) is 5.65. The molecule has 0 saturated carbocycles. The van der Waals surface area contributed by atoms with Crippen LogP contribution >= 0.6 is 11.5 Å². The zero-order valence-corrected chi connectivity index (χ0v) is 10.7. The molecule has 9 heteroatoms. The van der Waals surface area contributed by atoms with Crippen LogP contribution in [0, 0.1) is 6.92 Å². The molecular formula is C9H11N5O3S. The molecule has 2 rings (SSSR count). The second-order valence-corrected chi connectivity index (χ2v) is 4.14.